The molecule has 0 atom stereocenters. The SMILES string of the molecule is CC(=O)c1ccc(OCc2cccc([N+](=O)[O-])c2)cc1C(F)(F)F. The predicted molar refractivity (Wildman–Crippen MR) is 78.9 cm³/mol. The zero-order chi connectivity index (χ0) is 17.9. The van der Waals surface area contributed by atoms with Crippen molar-refractivity contribution < 1.29 is 27.6 Å². The van der Waals surface area contributed by atoms with Gasteiger partial charge in [-0.1, -0.05) is 12.1 Å². The molecule has 0 heterocycles. The number of ketones is 1. The Morgan fingerprint density at radius 1 is 1.21 bits per heavy atom. The molecule has 126 valence electrons. The van der Waals surface area contributed by atoms with E-state index in [1.807, 2.05) is 0 Å². The van der Waals surface area contributed by atoms with E-state index in [1.165, 1.54) is 24.3 Å². The van der Waals surface area contributed by atoms with Crippen molar-refractivity contribution in [2.75, 3.05) is 0 Å². The van der Waals surface area contributed by atoms with Crippen LogP contribution in [0.25, 0.3) is 0 Å². The van der Waals surface area contributed by atoms with Gasteiger partial charge >= 0.3 is 6.18 Å². The first kappa shape index (κ1) is 17.5. The van der Waals surface area contributed by atoms with Crippen molar-refractivity contribution in [2.45, 2.75) is 19.7 Å². The van der Waals surface area contributed by atoms with Gasteiger partial charge in [0.2, 0.25) is 0 Å². The molecule has 0 saturated carbocycles. The summed E-state index contributed by atoms with van der Waals surface area (Å²) in [4.78, 5) is 21.4. The van der Waals surface area contributed by atoms with Crippen molar-refractivity contribution in [3.8, 4) is 5.75 Å². The second-order valence-electron chi connectivity index (χ2n) is 4.98. The second-order valence-corrected chi connectivity index (χ2v) is 4.98. The largest absolute Gasteiger partial charge is 0.489 e. The smallest absolute Gasteiger partial charge is 0.417 e. The Hall–Kier alpha value is -2.90. The van der Waals surface area contributed by atoms with Crippen LogP contribution < -0.4 is 4.74 Å². The van der Waals surface area contributed by atoms with E-state index in [2.05, 4.69) is 0 Å². The van der Waals surface area contributed by atoms with Crippen molar-refractivity contribution in [2.24, 2.45) is 0 Å². The number of ether oxygens (including phenoxy) is 1. The lowest BCUT2D eigenvalue weighted by Crippen LogP contribution is -2.12. The minimum absolute atomic E-state index is 0.0844. The van der Waals surface area contributed by atoms with Gasteiger partial charge in [-0.15, -0.1) is 0 Å². The molecule has 0 spiro atoms. The molecule has 0 saturated heterocycles. The second kappa shape index (κ2) is 6.69. The molecule has 8 heteroatoms. The van der Waals surface area contributed by atoms with Crippen LogP contribution in [0.3, 0.4) is 0 Å². The Morgan fingerprint density at radius 2 is 1.92 bits per heavy atom. The highest BCUT2D eigenvalue weighted by Crippen LogP contribution is 2.34. The van der Waals surface area contributed by atoms with Crippen molar-refractivity contribution >= 4 is 11.5 Å². The summed E-state index contributed by atoms with van der Waals surface area (Å²) in [5, 5.41) is 10.7. The number of nitrogens with zero attached hydrogens (tertiary/aromatic N) is 1. The van der Waals surface area contributed by atoms with Crippen molar-refractivity contribution in [1.29, 1.82) is 0 Å². The Labute approximate surface area is 134 Å². The maximum absolute atomic E-state index is 13.0. The maximum atomic E-state index is 13.0. The van der Waals surface area contributed by atoms with Crippen molar-refractivity contribution in [3.63, 3.8) is 0 Å². The fraction of sp³-hybridized carbons (Fsp3) is 0.188. The number of benzene rings is 2. The predicted octanol–water partition coefficient (Wildman–Crippen LogP) is 4.40. The number of halogens is 3. The number of alkyl halides is 3. The summed E-state index contributed by atoms with van der Waals surface area (Å²) in [7, 11) is 0. The van der Waals surface area contributed by atoms with E-state index in [0.29, 0.717) is 5.56 Å². The first-order valence-corrected chi connectivity index (χ1v) is 6.77. The molecule has 0 unspecified atom stereocenters. The van der Waals surface area contributed by atoms with Crippen LogP contribution in [0.15, 0.2) is 42.5 Å². The molecule has 0 radical (unpaired) electrons. The molecular formula is C16H12F3NO4. The molecule has 0 aromatic heterocycles. The van der Waals surface area contributed by atoms with Crippen molar-refractivity contribution in [3.05, 3.63) is 69.3 Å². The zero-order valence-electron chi connectivity index (χ0n) is 12.5. The summed E-state index contributed by atoms with van der Waals surface area (Å²) < 4.78 is 44.3. The Balaban J connectivity index is 2.23. The quantitative estimate of drug-likeness (QED) is 0.460. The number of hydrogen-bond donors (Lipinski definition) is 0. The number of hydrogen-bond acceptors (Lipinski definition) is 4. The third kappa shape index (κ3) is 4.09. The summed E-state index contributed by atoms with van der Waals surface area (Å²) in [5.74, 6) is -0.786. The number of non-ortho nitro benzene ring substituents is 1. The molecule has 0 bridgehead atoms. The third-order valence-electron chi connectivity index (χ3n) is 3.20. The summed E-state index contributed by atoms with van der Waals surface area (Å²) >= 11 is 0. The van der Waals surface area contributed by atoms with Gasteiger partial charge in [-0.25, -0.2) is 0 Å². The van der Waals surface area contributed by atoms with Crippen LogP contribution in [-0.2, 0) is 12.8 Å². The summed E-state index contributed by atoms with van der Waals surface area (Å²) in [6.07, 6.45) is -4.69. The lowest BCUT2D eigenvalue weighted by Gasteiger charge is -2.13. The van der Waals surface area contributed by atoms with Gasteiger partial charge in [0.25, 0.3) is 5.69 Å². The van der Waals surface area contributed by atoms with Gasteiger partial charge in [0.15, 0.2) is 5.78 Å². The lowest BCUT2D eigenvalue weighted by molar-refractivity contribution is -0.384. The molecule has 2 rings (SSSR count). The molecular weight excluding hydrogens is 327 g/mol. The highest BCUT2D eigenvalue weighted by Gasteiger charge is 2.34. The van der Waals surface area contributed by atoms with Gasteiger partial charge in [0, 0.05) is 17.7 Å². The number of nitro groups is 1. The van der Waals surface area contributed by atoms with E-state index in [-0.39, 0.29) is 18.0 Å². The van der Waals surface area contributed by atoms with Gasteiger partial charge in [-0.2, -0.15) is 13.2 Å². The topological polar surface area (TPSA) is 69.4 Å². The van der Waals surface area contributed by atoms with E-state index < -0.39 is 28.0 Å². The minimum atomic E-state index is -4.69. The molecule has 2 aromatic rings. The number of nitro benzene ring substituents is 1. The summed E-state index contributed by atoms with van der Waals surface area (Å²) in [5.41, 5.74) is -1.22. The standard InChI is InChI=1S/C16H12F3NO4/c1-10(21)14-6-5-13(8-15(14)16(17,18)19)24-9-11-3-2-4-12(7-11)20(22)23/h2-8H,9H2,1H3. The monoisotopic (exact) mass is 339 g/mol. The van der Waals surface area contributed by atoms with Crippen molar-refractivity contribution in [1.82, 2.24) is 0 Å². The number of carbonyl (C=O) groups is 1. The first-order valence-electron chi connectivity index (χ1n) is 6.77. The molecule has 0 amide bonds. The molecule has 0 aliphatic carbocycles. The normalized spacial score (nSPS) is 11.2. The van der Waals surface area contributed by atoms with E-state index in [9.17, 15) is 28.1 Å². The number of rotatable bonds is 5. The Morgan fingerprint density at radius 3 is 2.50 bits per heavy atom. The van der Waals surface area contributed by atoms with E-state index in [0.717, 1.165) is 19.1 Å². The van der Waals surface area contributed by atoms with Crippen LogP contribution in [0.5, 0.6) is 5.75 Å². The minimum Gasteiger partial charge on any atom is -0.489 e. The first-order chi connectivity index (χ1) is 11.2. The van der Waals surface area contributed by atoms with Gasteiger partial charge in [-0.05, 0) is 30.7 Å². The highest BCUT2D eigenvalue weighted by molar-refractivity contribution is 5.95. The van der Waals surface area contributed by atoms with Crippen LogP contribution in [0.2, 0.25) is 0 Å². The molecule has 0 aliphatic heterocycles. The molecule has 0 fully saturated rings. The van der Waals surface area contributed by atoms with Crippen LogP contribution in [0, 0.1) is 10.1 Å². The van der Waals surface area contributed by atoms with Gasteiger partial charge in [0.05, 0.1) is 10.5 Å². The fourth-order valence-corrected chi connectivity index (χ4v) is 2.08. The van der Waals surface area contributed by atoms with Crippen LogP contribution in [-0.4, -0.2) is 10.7 Å². The van der Waals surface area contributed by atoms with E-state index in [1.54, 1.807) is 6.07 Å². The highest BCUT2D eigenvalue weighted by atomic mass is 19.4. The summed E-state index contributed by atoms with van der Waals surface area (Å²) in [6, 6.07) is 8.63. The van der Waals surface area contributed by atoms with Crippen LogP contribution in [0.4, 0.5) is 18.9 Å². The van der Waals surface area contributed by atoms with Gasteiger partial charge in [0.1, 0.15) is 12.4 Å². The van der Waals surface area contributed by atoms with E-state index in [4.69, 9.17) is 4.74 Å². The maximum Gasteiger partial charge on any atom is 0.417 e. The average Bonchev–Trinajstić information content (AvgIpc) is 2.52. The third-order valence-corrected chi connectivity index (χ3v) is 3.20. The molecule has 5 nitrogen and oxygen atoms in total. The molecule has 2 aromatic carbocycles. The average molecular weight is 339 g/mol. The fourth-order valence-electron chi connectivity index (χ4n) is 2.08. The van der Waals surface area contributed by atoms with Gasteiger partial charge < -0.3 is 4.74 Å². The van der Waals surface area contributed by atoms with Crippen LogP contribution in [0.1, 0.15) is 28.4 Å². The van der Waals surface area contributed by atoms with Crippen LogP contribution >= 0.6 is 0 Å². The number of carbonyl (C=O) groups excluding carboxylic acids is 1. The zero-order valence-corrected chi connectivity index (χ0v) is 12.5. The molecule has 24 heavy (non-hydrogen) atoms. The van der Waals surface area contributed by atoms with Gasteiger partial charge in [-0.3, -0.25) is 14.9 Å². The molecule has 0 aliphatic rings. The molecule has 0 N–H and O–H groups in total. The van der Waals surface area contributed by atoms with E-state index >= 15 is 0 Å². The lowest BCUT2D eigenvalue weighted by atomic mass is 10.0. The Bertz CT molecular complexity index is 787. The number of Topliss-reactive ketones (excluding diaryl/α,β-unsaturated/α-hetero) is 1. The Kier molecular flexibility index (Phi) is 4.87. The summed E-state index contributed by atoms with van der Waals surface area (Å²) in [6.45, 7) is 0.909.